The smallest absolute Gasteiger partial charge is 0.303 e. The van der Waals surface area contributed by atoms with E-state index in [2.05, 4.69) is 0 Å². The molecule has 12 heteroatoms. The molecule has 12 nitrogen and oxygen atoms in total. The normalized spacial score (nSPS) is 24.7. The van der Waals surface area contributed by atoms with Gasteiger partial charge in [0, 0.05) is 14.0 Å². The van der Waals surface area contributed by atoms with Crippen molar-refractivity contribution >= 4 is 5.97 Å². The minimum Gasteiger partial charge on any atom is -0.457 e. The Kier molecular flexibility index (Phi) is 19.0. The highest BCUT2D eigenvalue weighted by molar-refractivity contribution is 5.66. The minimum absolute atomic E-state index is 0.0259. The highest BCUT2D eigenvalue weighted by Gasteiger charge is 2.55. The van der Waals surface area contributed by atoms with E-state index in [0.717, 1.165) is 33.4 Å². The topological polar surface area (TPSA) is 119 Å². The molecule has 0 N–H and O–H groups in total. The average molecular weight is 939 g/mol. The van der Waals surface area contributed by atoms with Crippen LogP contribution in [0.1, 0.15) is 40.3 Å². The first kappa shape index (κ1) is 49.8. The molecule has 0 amide bonds. The van der Waals surface area contributed by atoms with Crippen LogP contribution in [-0.2, 0) is 96.5 Å². The Labute approximate surface area is 405 Å². The molecule has 362 valence electrons. The second-order valence-corrected chi connectivity index (χ2v) is 17.0. The van der Waals surface area contributed by atoms with Gasteiger partial charge in [-0.05, 0) is 33.4 Å². The first-order valence-corrected chi connectivity index (χ1v) is 23.5. The summed E-state index contributed by atoms with van der Waals surface area (Å²) in [6, 6.07) is 59.1. The summed E-state index contributed by atoms with van der Waals surface area (Å²) in [5, 5.41) is 0. The summed E-state index contributed by atoms with van der Waals surface area (Å²) in [5.74, 6) is -0.513. The summed E-state index contributed by atoms with van der Waals surface area (Å²) in [5.41, 5.74) is 5.70. The van der Waals surface area contributed by atoms with Gasteiger partial charge >= 0.3 is 5.97 Å². The largest absolute Gasteiger partial charge is 0.457 e. The van der Waals surface area contributed by atoms with Crippen LogP contribution in [0.3, 0.4) is 0 Å². The maximum atomic E-state index is 13.1. The highest BCUT2D eigenvalue weighted by atomic mass is 16.8. The Morgan fingerprint density at radius 3 is 1.12 bits per heavy atom. The molecule has 0 aliphatic carbocycles. The molecule has 2 heterocycles. The molecule has 2 saturated heterocycles. The van der Waals surface area contributed by atoms with E-state index in [-0.39, 0.29) is 46.2 Å². The summed E-state index contributed by atoms with van der Waals surface area (Å²) < 4.78 is 73.7. The van der Waals surface area contributed by atoms with Crippen molar-refractivity contribution < 1.29 is 56.9 Å². The fourth-order valence-corrected chi connectivity index (χ4v) is 8.51. The number of rotatable bonds is 24. The quantitative estimate of drug-likeness (QED) is 0.0539. The standard InChI is InChI=1S/C57H62O12/c1-41(58)66-50-48(39-60-33-42-21-9-3-10-22-42)68-57(55(64-37-46-29-17-7-18-30-46)53(50)63-36-45-27-15-6-16-28-45)69-51-49(40-61-34-43-23-11-4-12-24-43)67-56(65-38-47-31-19-8-20-32-47)54(59-2)52(51)62-35-44-25-13-5-14-26-44/h3-32,48-57H,33-40H2,1-2H3/t48-,49-,50+,51-,52+,53+,54-,55-,56+,57+/m1/s1. The fraction of sp³-hybridized carbons (Fsp3) is 0.351. The van der Waals surface area contributed by atoms with Crippen molar-refractivity contribution in [3.63, 3.8) is 0 Å². The second kappa shape index (κ2) is 26.4. The molecule has 2 fully saturated rings. The average Bonchev–Trinajstić information content (AvgIpc) is 3.39. The zero-order chi connectivity index (χ0) is 47.5. The molecule has 6 aromatic carbocycles. The molecule has 0 radical (unpaired) electrons. The zero-order valence-corrected chi connectivity index (χ0v) is 39.1. The molecule has 8 rings (SSSR count). The maximum absolute atomic E-state index is 13.1. The third-order valence-electron chi connectivity index (χ3n) is 11.9. The van der Waals surface area contributed by atoms with Crippen molar-refractivity contribution in [2.75, 3.05) is 20.3 Å². The minimum atomic E-state index is -1.17. The van der Waals surface area contributed by atoms with E-state index in [1.807, 2.05) is 182 Å². The molecule has 69 heavy (non-hydrogen) atoms. The van der Waals surface area contributed by atoms with Crippen molar-refractivity contribution in [2.45, 2.75) is 108 Å². The molecule has 2 aliphatic rings. The van der Waals surface area contributed by atoms with Gasteiger partial charge in [-0.25, -0.2) is 0 Å². The van der Waals surface area contributed by atoms with Crippen LogP contribution in [0, 0.1) is 0 Å². The number of carbonyl (C=O) groups is 1. The van der Waals surface area contributed by atoms with E-state index in [4.69, 9.17) is 52.1 Å². The Morgan fingerprint density at radius 2 is 0.725 bits per heavy atom. The van der Waals surface area contributed by atoms with Gasteiger partial charge in [0.05, 0.1) is 52.9 Å². The van der Waals surface area contributed by atoms with Gasteiger partial charge in [-0.1, -0.05) is 182 Å². The van der Waals surface area contributed by atoms with Gasteiger partial charge in [0.2, 0.25) is 0 Å². The lowest BCUT2D eigenvalue weighted by molar-refractivity contribution is -0.374. The summed E-state index contributed by atoms with van der Waals surface area (Å²) in [4.78, 5) is 13.1. The predicted octanol–water partition coefficient (Wildman–Crippen LogP) is 9.17. The number of esters is 1. The summed E-state index contributed by atoms with van der Waals surface area (Å²) in [6.07, 6.45) is -9.09. The Bertz CT molecular complexity index is 2350. The molecule has 6 aromatic rings. The number of hydrogen-bond acceptors (Lipinski definition) is 12. The Hall–Kier alpha value is -5.61. The zero-order valence-electron chi connectivity index (χ0n) is 39.1. The van der Waals surface area contributed by atoms with Crippen molar-refractivity contribution in [3.05, 3.63) is 215 Å². The lowest BCUT2D eigenvalue weighted by atomic mass is 9.95. The van der Waals surface area contributed by atoms with Gasteiger partial charge in [-0.3, -0.25) is 4.79 Å². The summed E-state index contributed by atoms with van der Waals surface area (Å²) in [7, 11) is 1.61. The van der Waals surface area contributed by atoms with E-state index in [9.17, 15) is 4.79 Å². The number of benzene rings is 6. The van der Waals surface area contributed by atoms with Gasteiger partial charge in [0.25, 0.3) is 0 Å². The van der Waals surface area contributed by atoms with Crippen LogP contribution < -0.4 is 0 Å². The van der Waals surface area contributed by atoms with Crippen LogP contribution in [0.15, 0.2) is 182 Å². The monoisotopic (exact) mass is 938 g/mol. The molecule has 10 atom stereocenters. The molecule has 0 unspecified atom stereocenters. The van der Waals surface area contributed by atoms with Crippen LogP contribution >= 0.6 is 0 Å². The third kappa shape index (κ3) is 14.7. The van der Waals surface area contributed by atoms with E-state index < -0.39 is 67.4 Å². The van der Waals surface area contributed by atoms with Crippen molar-refractivity contribution in [1.29, 1.82) is 0 Å². The fourth-order valence-electron chi connectivity index (χ4n) is 8.51. The summed E-state index contributed by atoms with van der Waals surface area (Å²) in [6.45, 7) is 2.90. The lowest BCUT2D eigenvalue weighted by Crippen LogP contribution is -2.66. The predicted molar refractivity (Wildman–Crippen MR) is 257 cm³/mol. The molecule has 0 saturated carbocycles. The molecule has 2 aliphatic heterocycles. The number of methoxy groups -OCH3 is 1. The van der Waals surface area contributed by atoms with Crippen molar-refractivity contribution in [2.24, 2.45) is 0 Å². The van der Waals surface area contributed by atoms with Crippen LogP contribution in [0.2, 0.25) is 0 Å². The van der Waals surface area contributed by atoms with Gasteiger partial charge < -0.3 is 52.1 Å². The Balaban J connectivity index is 1.17. The number of ether oxygens (including phenoxy) is 11. The van der Waals surface area contributed by atoms with E-state index in [1.54, 1.807) is 7.11 Å². The number of carbonyl (C=O) groups excluding carboxylic acids is 1. The molecule has 0 bridgehead atoms. The van der Waals surface area contributed by atoms with Gasteiger partial charge in [0.15, 0.2) is 18.7 Å². The van der Waals surface area contributed by atoms with Gasteiger partial charge in [-0.2, -0.15) is 0 Å². The van der Waals surface area contributed by atoms with E-state index in [1.165, 1.54) is 6.92 Å². The van der Waals surface area contributed by atoms with Gasteiger partial charge in [0.1, 0.15) is 42.7 Å². The van der Waals surface area contributed by atoms with Crippen molar-refractivity contribution in [1.82, 2.24) is 0 Å². The van der Waals surface area contributed by atoms with Crippen molar-refractivity contribution in [3.8, 4) is 0 Å². The van der Waals surface area contributed by atoms with Crippen LogP contribution in [0.5, 0.6) is 0 Å². The van der Waals surface area contributed by atoms with Crippen LogP contribution in [-0.4, -0.2) is 87.7 Å². The maximum Gasteiger partial charge on any atom is 0.303 e. The van der Waals surface area contributed by atoms with Crippen LogP contribution in [0.25, 0.3) is 0 Å². The second-order valence-electron chi connectivity index (χ2n) is 17.0. The first-order chi connectivity index (χ1) is 34.0. The molecule has 0 spiro atoms. The lowest BCUT2D eigenvalue weighted by Gasteiger charge is -2.49. The summed E-state index contributed by atoms with van der Waals surface area (Å²) >= 11 is 0. The van der Waals surface area contributed by atoms with E-state index in [0.29, 0.717) is 6.61 Å². The molecule has 0 aromatic heterocycles. The first-order valence-electron chi connectivity index (χ1n) is 23.5. The van der Waals surface area contributed by atoms with E-state index >= 15 is 0 Å². The van der Waals surface area contributed by atoms with Gasteiger partial charge in [-0.15, -0.1) is 0 Å². The number of hydrogen-bond donors (Lipinski definition) is 0. The Morgan fingerprint density at radius 1 is 0.391 bits per heavy atom. The molecular weight excluding hydrogens is 877 g/mol. The third-order valence-corrected chi connectivity index (χ3v) is 11.9. The highest BCUT2D eigenvalue weighted by Crippen LogP contribution is 2.36. The SMILES string of the molecule is CO[C@H]1[C@@H](OCc2ccccc2)O[C@H](COCc2ccccc2)[C@@H](O[C@@H]2O[C@H](COCc3ccccc3)[C@H](OC(C)=O)[C@H](OCc3ccccc3)[C@H]2OCc2ccccc2)[C@@H]1OCc1ccccc1. The molecular formula is C57H62O12. The van der Waals surface area contributed by atoms with Crippen LogP contribution in [0.4, 0.5) is 0 Å².